The van der Waals surface area contributed by atoms with Crippen molar-refractivity contribution in [2.24, 2.45) is 0 Å². The summed E-state index contributed by atoms with van der Waals surface area (Å²) in [5.41, 5.74) is 0. The Labute approximate surface area is 170 Å². The Kier molecular flexibility index (Phi) is 6.45. The molecule has 7 nitrogen and oxygen atoms in total. The summed E-state index contributed by atoms with van der Waals surface area (Å²) < 4.78 is 59.3. The van der Waals surface area contributed by atoms with Crippen LogP contribution in [0, 0.1) is 0 Å². The van der Waals surface area contributed by atoms with Crippen molar-refractivity contribution in [2.75, 3.05) is 0 Å². The van der Waals surface area contributed by atoms with Crippen LogP contribution < -0.4 is 8.37 Å². The van der Waals surface area contributed by atoms with Gasteiger partial charge in [-0.2, -0.15) is 0 Å². The summed E-state index contributed by atoms with van der Waals surface area (Å²) in [7, 11) is -4.27. The second-order valence-electron chi connectivity index (χ2n) is 5.75. The third-order valence-electron chi connectivity index (χ3n) is 3.88. The van der Waals surface area contributed by atoms with Gasteiger partial charge < -0.3 is 17.5 Å². The van der Waals surface area contributed by atoms with Gasteiger partial charge in [-0.1, -0.05) is 72.8 Å². The molecule has 4 aromatic carbocycles. The van der Waals surface area contributed by atoms with E-state index in [0.717, 1.165) is 10.8 Å². The number of hydrogen-bond donors (Lipinski definition) is 1. The summed E-state index contributed by atoms with van der Waals surface area (Å²) in [6.07, 6.45) is 0. The van der Waals surface area contributed by atoms with E-state index in [2.05, 4.69) is 0 Å². The lowest BCUT2D eigenvalue weighted by Gasteiger charge is -2.11. The molecule has 0 saturated carbocycles. The van der Waals surface area contributed by atoms with E-state index >= 15 is 0 Å². The molecule has 150 valence electrons. The Balaban J connectivity index is 0.000000552. The van der Waals surface area contributed by atoms with Gasteiger partial charge in [-0.25, -0.2) is 4.21 Å². The molecule has 0 aliphatic rings. The Morgan fingerprint density at radius 1 is 0.690 bits per heavy atom. The van der Waals surface area contributed by atoms with Gasteiger partial charge in [0.2, 0.25) is 0 Å². The molecule has 1 atom stereocenters. The minimum absolute atomic E-state index is 0.235. The number of hydrogen-bond acceptors (Lipinski definition) is 6. The molecule has 0 amide bonds. The molecule has 1 unspecified atom stereocenters. The second kappa shape index (κ2) is 9.01. The average Bonchev–Trinajstić information content (AvgIpc) is 2.68. The van der Waals surface area contributed by atoms with Crippen LogP contribution >= 0.6 is 0 Å². The third kappa shape index (κ3) is 5.52. The summed E-state index contributed by atoms with van der Waals surface area (Å²) in [5.74, 6) is 0.469. The zero-order chi connectivity index (χ0) is 20.9. The molecule has 0 aromatic heterocycles. The molecule has 0 radical (unpaired) electrons. The van der Waals surface area contributed by atoms with Gasteiger partial charge in [-0.05, 0) is 22.9 Å². The molecular weight excluding hydrogens is 416 g/mol. The van der Waals surface area contributed by atoms with Crippen LogP contribution in [0.5, 0.6) is 11.5 Å². The molecule has 0 heterocycles. The fraction of sp³-hybridized carbons (Fsp3) is 0. The largest absolute Gasteiger partial charge is 0.750 e. The van der Waals surface area contributed by atoms with Crippen molar-refractivity contribution in [1.29, 1.82) is 0 Å². The topological polar surface area (TPSA) is 113 Å². The van der Waals surface area contributed by atoms with E-state index in [0.29, 0.717) is 10.8 Å². The second-order valence-corrected chi connectivity index (χ2v) is 7.33. The highest BCUT2D eigenvalue weighted by Crippen LogP contribution is 2.29. The molecule has 4 rings (SSSR count). The van der Waals surface area contributed by atoms with E-state index in [9.17, 15) is 8.42 Å². The summed E-state index contributed by atoms with van der Waals surface area (Å²) in [6, 6.07) is 25.3. The first-order valence-corrected chi connectivity index (χ1v) is 10.6. The van der Waals surface area contributed by atoms with Crippen molar-refractivity contribution in [2.45, 2.75) is 0 Å². The molecule has 29 heavy (non-hydrogen) atoms. The minimum atomic E-state index is -4.27. The van der Waals surface area contributed by atoms with Crippen LogP contribution in [0.4, 0.5) is 0 Å². The molecule has 9 heteroatoms. The SMILES string of the molecule is O=S(=O)(Oc1cccc2ccccc12)Oc1cccc2ccccc12.O=S([O-])O. The lowest BCUT2D eigenvalue weighted by atomic mass is 10.1. The van der Waals surface area contributed by atoms with Crippen molar-refractivity contribution in [1.82, 2.24) is 0 Å². The van der Waals surface area contributed by atoms with E-state index in [1.807, 2.05) is 48.5 Å². The average molecular weight is 431 g/mol. The molecule has 1 N–H and O–H groups in total. The molecule has 0 spiro atoms. The highest BCUT2D eigenvalue weighted by atomic mass is 32.3. The maximum atomic E-state index is 12.4. The highest BCUT2D eigenvalue weighted by molar-refractivity contribution is 7.82. The van der Waals surface area contributed by atoms with Gasteiger partial charge in [0.25, 0.3) is 0 Å². The fourth-order valence-electron chi connectivity index (χ4n) is 2.77. The first-order valence-electron chi connectivity index (χ1n) is 8.23. The van der Waals surface area contributed by atoms with Gasteiger partial charge >= 0.3 is 10.4 Å². The van der Waals surface area contributed by atoms with Gasteiger partial charge in [0.1, 0.15) is 0 Å². The fourth-order valence-corrected chi connectivity index (χ4v) is 3.54. The standard InChI is InChI=1S/C20H14O4S.H2O3S/c21-25(22,23-19-13-5-9-15-7-1-3-11-17(15)19)24-20-14-6-10-16-8-2-4-12-18(16)20;1-4(2)3/h1-14H;(H2,1,2,3)/p-1. The van der Waals surface area contributed by atoms with Crippen molar-refractivity contribution < 1.29 is 30.1 Å². The Morgan fingerprint density at radius 3 is 1.45 bits per heavy atom. The Bertz CT molecular complexity index is 1170. The normalized spacial score (nSPS) is 12.1. The number of benzene rings is 4. The van der Waals surface area contributed by atoms with E-state index in [1.54, 1.807) is 36.4 Å². The van der Waals surface area contributed by atoms with Gasteiger partial charge in [0.15, 0.2) is 11.5 Å². The summed E-state index contributed by atoms with van der Waals surface area (Å²) in [5, 5.41) is 3.19. The van der Waals surface area contributed by atoms with Crippen molar-refractivity contribution in [3.8, 4) is 11.5 Å². The number of fused-ring (bicyclic) bond motifs is 2. The van der Waals surface area contributed by atoms with Crippen LogP contribution in [0.3, 0.4) is 0 Å². The van der Waals surface area contributed by atoms with Gasteiger partial charge in [0.05, 0.1) is 11.4 Å². The minimum Gasteiger partial charge on any atom is -0.750 e. The molecule has 0 saturated heterocycles. The van der Waals surface area contributed by atoms with Gasteiger partial charge in [-0.15, -0.1) is 8.42 Å². The van der Waals surface area contributed by atoms with Crippen molar-refractivity contribution in [3.63, 3.8) is 0 Å². The molecule has 0 aliphatic carbocycles. The molecule has 0 fully saturated rings. The van der Waals surface area contributed by atoms with E-state index in [-0.39, 0.29) is 11.5 Å². The van der Waals surface area contributed by atoms with Crippen LogP contribution in [-0.2, 0) is 21.8 Å². The predicted octanol–water partition coefficient (Wildman–Crippen LogP) is 4.03. The first-order chi connectivity index (χ1) is 13.9. The number of rotatable bonds is 4. The summed E-state index contributed by atoms with van der Waals surface area (Å²) in [4.78, 5) is 0. The molecular formula is C20H15O7S2-. The third-order valence-corrected chi connectivity index (χ3v) is 4.65. The van der Waals surface area contributed by atoms with Crippen LogP contribution in [0.1, 0.15) is 0 Å². The smallest absolute Gasteiger partial charge is 0.501 e. The molecule has 4 aromatic rings. The van der Waals surface area contributed by atoms with Crippen LogP contribution in [-0.4, -0.2) is 21.7 Å². The van der Waals surface area contributed by atoms with E-state index in [4.69, 9.17) is 21.7 Å². The van der Waals surface area contributed by atoms with E-state index in [1.165, 1.54) is 0 Å². The summed E-state index contributed by atoms with van der Waals surface area (Å²) >= 11 is -2.86. The lowest BCUT2D eigenvalue weighted by molar-refractivity contribution is 0.395. The van der Waals surface area contributed by atoms with Crippen LogP contribution in [0.2, 0.25) is 0 Å². The van der Waals surface area contributed by atoms with Crippen LogP contribution in [0.15, 0.2) is 84.9 Å². The Morgan fingerprint density at radius 2 is 1.03 bits per heavy atom. The zero-order valence-corrected chi connectivity index (χ0v) is 16.4. The molecule has 0 aliphatic heterocycles. The highest BCUT2D eigenvalue weighted by Gasteiger charge is 2.18. The quantitative estimate of drug-likeness (QED) is 0.485. The Hall–Kier alpha value is -2.98. The molecule has 0 bridgehead atoms. The maximum absolute atomic E-state index is 12.4. The van der Waals surface area contributed by atoms with Crippen molar-refractivity contribution in [3.05, 3.63) is 84.9 Å². The van der Waals surface area contributed by atoms with Crippen molar-refractivity contribution >= 4 is 43.3 Å². The van der Waals surface area contributed by atoms with Crippen LogP contribution in [0.25, 0.3) is 21.5 Å². The van der Waals surface area contributed by atoms with Gasteiger partial charge in [0, 0.05) is 10.8 Å². The van der Waals surface area contributed by atoms with Gasteiger partial charge in [-0.3, -0.25) is 0 Å². The monoisotopic (exact) mass is 431 g/mol. The maximum Gasteiger partial charge on any atom is 0.501 e. The lowest BCUT2D eigenvalue weighted by Crippen LogP contribution is -2.16. The van der Waals surface area contributed by atoms with E-state index < -0.39 is 21.8 Å². The summed E-state index contributed by atoms with van der Waals surface area (Å²) in [6.45, 7) is 0. The zero-order valence-electron chi connectivity index (χ0n) is 14.8. The predicted molar refractivity (Wildman–Crippen MR) is 110 cm³/mol. The first kappa shape index (κ1) is 20.7.